The summed E-state index contributed by atoms with van der Waals surface area (Å²) in [6, 6.07) is 5.03. The molecule has 1 aromatic rings. The molecule has 1 aliphatic heterocycles. The highest BCUT2D eigenvalue weighted by molar-refractivity contribution is 5.80. The summed E-state index contributed by atoms with van der Waals surface area (Å²) in [4.78, 5) is 25.9. The number of alkyl halides is 3. The first-order valence-electron chi connectivity index (χ1n) is 10.1. The third-order valence-corrected chi connectivity index (χ3v) is 6.80. The zero-order valence-corrected chi connectivity index (χ0v) is 16.9. The molecule has 0 spiro atoms. The molecule has 1 heterocycles. The molecular formula is C21H25F3N2O4. The van der Waals surface area contributed by atoms with E-state index >= 15 is 0 Å². The molecule has 164 valence electrons. The first-order valence-corrected chi connectivity index (χ1v) is 10.1. The van der Waals surface area contributed by atoms with E-state index in [9.17, 15) is 22.8 Å². The lowest BCUT2D eigenvalue weighted by Crippen LogP contribution is -2.52. The zero-order chi connectivity index (χ0) is 21.7. The smallest absolute Gasteiger partial charge is 0.453 e. The minimum atomic E-state index is -4.72. The number of amides is 2. The van der Waals surface area contributed by atoms with E-state index in [1.54, 1.807) is 13.0 Å². The molecule has 2 saturated carbocycles. The molecule has 2 unspecified atom stereocenters. The lowest BCUT2D eigenvalue weighted by molar-refractivity contribution is -0.274. The number of likely N-dealkylation sites (tertiary alicyclic amines) is 1. The van der Waals surface area contributed by atoms with E-state index in [2.05, 4.69) is 14.8 Å². The van der Waals surface area contributed by atoms with Gasteiger partial charge in [0.25, 0.3) is 0 Å². The number of ether oxygens (including phenoxy) is 2. The van der Waals surface area contributed by atoms with Crippen LogP contribution in [0, 0.1) is 18.8 Å². The number of rotatable bonds is 4. The topological polar surface area (TPSA) is 67.9 Å². The second-order valence-electron chi connectivity index (χ2n) is 8.62. The first-order chi connectivity index (χ1) is 14.1. The van der Waals surface area contributed by atoms with Gasteiger partial charge in [0, 0.05) is 30.5 Å². The van der Waals surface area contributed by atoms with Crippen molar-refractivity contribution in [1.82, 2.24) is 10.2 Å². The van der Waals surface area contributed by atoms with Gasteiger partial charge in [-0.15, -0.1) is 13.2 Å². The largest absolute Gasteiger partial charge is 0.573 e. The summed E-state index contributed by atoms with van der Waals surface area (Å²) >= 11 is 0. The van der Waals surface area contributed by atoms with Gasteiger partial charge in [0.1, 0.15) is 5.75 Å². The molecule has 1 N–H and O–H groups in total. The van der Waals surface area contributed by atoms with Gasteiger partial charge < -0.3 is 19.7 Å². The van der Waals surface area contributed by atoms with Crippen LogP contribution in [0.2, 0.25) is 0 Å². The number of piperidine rings is 1. The molecule has 1 aromatic carbocycles. The Bertz CT molecular complexity index is 853. The number of nitrogens with zero attached hydrogens (tertiary/aromatic N) is 1. The van der Waals surface area contributed by atoms with Crippen LogP contribution in [0.4, 0.5) is 18.0 Å². The Hall–Kier alpha value is -2.45. The van der Waals surface area contributed by atoms with E-state index in [0.29, 0.717) is 31.5 Å². The van der Waals surface area contributed by atoms with Crippen LogP contribution in [-0.2, 0) is 14.9 Å². The molecule has 0 aromatic heterocycles. The Morgan fingerprint density at radius 1 is 1.27 bits per heavy atom. The number of hydrogen-bond donors (Lipinski definition) is 1. The van der Waals surface area contributed by atoms with Crippen LogP contribution in [0.15, 0.2) is 18.2 Å². The number of carbonyl (C=O) groups is 2. The third kappa shape index (κ3) is 3.94. The Kier molecular flexibility index (Phi) is 5.10. The van der Waals surface area contributed by atoms with E-state index < -0.39 is 12.5 Å². The molecule has 2 amide bonds. The Balaban J connectivity index is 1.35. The average molecular weight is 426 g/mol. The predicted octanol–water partition coefficient (Wildman–Crippen LogP) is 3.52. The molecule has 3 fully saturated rings. The normalized spacial score (nSPS) is 30.0. The third-order valence-electron chi connectivity index (χ3n) is 6.80. The minimum absolute atomic E-state index is 0.0316. The molecule has 6 nitrogen and oxygen atoms in total. The fourth-order valence-corrected chi connectivity index (χ4v) is 4.88. The van der Waals surface area contributed by atoms with Crippen LogP contribution >= 0.6 is 0 Å². The predicted molar refractivity (Wildman–Crippen MR) is 101 cm³/mol. The van der Waals surface area contributed by atoms with E-state index in [4.69, 9.17) is 0 Å². The molecule has 2 atom stereocenters. The molecular weight excluding hydrogens is 401 g/mol. The van der Waals surface area contributed by atoms with Crippen molar-refractivity contribution in [2.75, 3.05) is 20.2 Å². The quantitative estimate of drug-likeness (QED) is 0.800. The number of alkyl carbamates (subject to hydrolysis) is 1. The van der Waals surface area contributed by atoms with Gasteiger partial charge in [-0.25, -0.2) is 4.79 Å². The summed E-state index contributed by atoms with van der Waals surface area (Å²) in [6.45, 7) is 2.80. The van der Waals surface area contributed by atoms with Gasteiger partial charge in [-0.3, -0.25) is 4.79 Å². The number of carbonyl (C=O) groups excluding carboxylic acids is 2. The minimum Gasteiger partial charge on any atom is -0.453 e. The van der Waals surface area contributed by atoms with Crippen molar-refractivity contribution in [2.45, 2.75) is 50.4 Å². The maximum Gasteiger partial charge on any atom is 0.573 e. The number of methoxy groups -OCH3 is 1. The van der Waals surface area contributed by atoms with Crippen LogP contribution in [-0.4, -0.2) is 49.5 Å². The number of benzene rings is 1. The maximum atomic E-state index is 12.8. The molecule has 9 heteroatoms. The van der Waals surface area contributed by atoms with Gasteiger partial charge in [-0.05, 0) is 55.7 Å². The van der Waals surface area contributed by atoms with Gasteiger partial charge in [0.2, 0.25) is 5.91 Å². The molecule has 4 rings (SSSR count). The highest BCUT2D eigenvalue weighted by atomic mass is 19.4. The maximum absolute atomic E-state index is 12.8. The van der Waals surface area contributed by atoms with Crippen molar-refractivity contribution in [1.29, 1.82) is 0 Å². The van der Waals surface area contributed by atoms with Crippen molar-refractivity contribution in [3.63, 3.8) is 0 Å². The van der Waals surface area contributed by atoms with Gasteiger partial charge in [0.15, 0.2) is 0 Å². The fraction of sp³-hybridized carbons (Fsp3) is 0.619. The lowest BCUT2D eigenvalue weighted by atomic mass is 9.78. The molecule has 3 aliphatic rings. The van der Waals surface area contributed by atoms with Gasteiger partial charge in [0.05, 0.1) is 7.11 Å². The summed E-state index contributed by atoms with van der Waals surface area (Å²) in [5.41, 5.74) is 1.14. The van der Waals surface area contributed by atoms with Crippen LogP contribution in [0.1, 0.15) is 36.8 Å². The summed E-state index contributed by atoms with van der Waals surface area (Å²) < 4.78 is 46.8. The van der Waals surface area contributed by atoms with Crippen molar-refractivity contribution in [3.8, 4) is 5.75 Å². The van der Waals surface area contributed by atoms with Gasteiger partial charge in [-0.2, -0.15) is 0 Å². The summed E-state index contributed by atoms with van der Waals surface area (Å²) in [5, 5.41) is 2.70. The number of nitrogens with one attached hydrogen (secondary N) is 1. The number of fused-ring (bicyclic) bond motifs is 1. The van der Waals surface area contributed by atoms with Gasteiger partial charge in [-0.1, -0.05) is 12.1 Å². The standard InChI is InChI=1S/C21H25F3N2O4/c1-12-3-4-14(9-17(12)30-21(22,23)24)20-5-6-26(11-15(20)10-20)18(27)13-7-16(8-13)25-19(28)29-2/h3-4,9,13,15-16H,5-8,10-11H2,1-2H3,(H,25,28)/t13-,15?,16+,20?. The Morgan fingerprint density at radius 2 is 2.00 bits per heavy atom. The highest BCUT2D eigenvalue weighted by Gasteiger charge is 2.58. The number of hydrogen-bond acceptors (Lipinski definition) is 4. The first kappa shape index (κ1) is 20.8. The summed E-state index contributed by atoms with van der Waals surface area (Å²) in [5.74, 6) is 0.103. The van der Waals surface area contributed by atoms with Crippen LogP contribution < -0.4 is 10.1 Å². The summed E-state index contributed by atoms with van der Waals surface area (Å²) in [6.07, 6.45) is -2.40. The summed E-state index contributed by atoms with van der Waals surface area (Å²) in [7, 11) is 1.30. The lowest BCUT2D eigenvalue weighted by Gasteiger charge is -2.40. The van der Waals surface area contributed by atoms with Crippen LogP contribution in [0.3, 0.4) is 0 Å². The van der Waals surface area contributed by atoms with Gasteiger partial charge >= 0.3 is 12.5 Å². The number of halogens is 3. The highest BCUT2D eigenvalue weighted by Crippen LogP contribution is 2.60. The molecule has 30 heavy (non-hydrogen) atoms. The molecule has 1 saturated heterocycles. The van der Waals surface area contributed by atoms with Crippen molar-refractivity contribution in [3.05, 3.63) is 29.3 Å². The molecule has 2 aliphatic carbocycles. The Morgan fingerprint density at radius 3 is 2.63 bits per heavy atom. The van der Waals surface area contributed by atoms with Crippen LogP contribution in [0.25, 0.3) is 0 Å². The van der Waals surface area contributed by atoms with E-state index in [1.165, 1.54) is 13.2 Å². The van der Waals surface area contributed by atoms with E-state index in [1.807, 2.05) is 11.0 Å². The molecule has 0 radical (unpaired) electrons. The zero-order valence-electron chi connectivity index (χ0n) is 16.9. The van der Waals surface area contributed by atoms with E-state index in [-0.39, 0.29) is 34.9 Å². The fourth-order valence-electron chi connectivity index (χ4n) is 4.88. The Labute approximate surface area is 172 Å². The number of aryl methyl sites for hydroxylation is 1. The average Bonchev–Trinajstić information content (AvgIpc) is 3.39. The van der Waals surface area contributed by atoms with Crippen molar-refractivity contribution in [2.24, 2.45) is 11.8 Å². The SMILES string of the molecule is COC(=O)N[C@H]1C[C@@H](C(=O)N2CCC3(c4ccc(C)c(OC(F)(F)F)c4)CC3C2)C1. The molecule has 0 bridgehead atoms. The van der Waals surface area contributed by atoms with E-state index in [0.717, 1.165) is 18.4 Å². The second kappa shape index (κ2) is 7.35. The monoisotopic (exact) mass is 426 g/mol. The second-order valence-corrected chi connectivity index (χ2v) is 8.62. The van der Waals surface area contributed by atoms with Crippen LogP contribution in [0.5, 0.6) is 5.75 Å². The van der Waals surface area contributed by atoms with Crippen molar-refractivity contribution < 1.29 is 32.2 Å². The van der Waals surface area contributed by atoms with Crippen molar-refractivity contribution >= 4 is 12.0 Å².